The molecule has 2 aromatic carbocycles. The second-order valence-electron chi connectivity index (χ2n) is 10.2. The van der Waals surface area contributed by atoms with Crippen molar-refractivity contribution in [3.63, 3.8) is 0 Å². The van der Waals surface area contributed by atoms with Gasteiger partial charge in [0.1, 0.15) is 40.8 Å². The fourth-order valence-electron chi connectivity index (χ4n) is 4.68. The summed E-state index contributed by atoms with van der Waals surface area (Å²) in [5.74, 6) is 0.731. The smallest absolute Gasteiger partial charge is 0.322 e. The van der Waals surface area contributed by atoms with Gasteiger partial charge in [0.15, 0.2) is 0 Å². The molecule has 12 nitrogen and oxygen atoms in total. The van der Waals surface area contributed by atoms with Crippen LogP contribution in [0.2, 0.25) is 0 Å². The molecule has 0 bridgehead atoms. The molecule has 1 amide bonds. The van der Waals surface area contributed by atoms with Gasteiger partial charge in [0.25, 0.3) is 11.5 Å². The number of carbonyl (C=O) groups excluding carboxylic acids is 2. The monoisotopic (exact) mass is 632 g/mol. The summed E-state index contributed by atoms with van der Waals surface area (Å²) in [5, 5.41) is 3.50. The lowest BCUT2D eigenvalue weighted by Gasteiger charge is -2.19. The van der Waals surface area contributed by atoms with Gasteiger partial charge in [-0.3, -0.25) is 24.0 Å². The molecular formula is C32H33ClN6O6. The van der Waals surface area contributed by atoms with E-state index in [-0.39, 0.29) is 30.3 Å². The van der Waals surface area contributed by atoms with Crippen LogP contribution in [0, 0.1) is 6.92 Å². The number of benzene rings is 2. The largest absolute Gasteiger partial charge is 0.497 e. The highest BCUT2D eigenvalue weighted by Gasteiger charge is 2.26. The fourth-order valence-corrected chi connectivity index (χ4v) is 4.68. The number of para-hydroxylation sites is 1. The van der Waals surface area contributed by atoms with Crippen LogP contribution >= 0.6 is 12.4 Å². The summed E-state index contributed by atoms with van der Waals surface area (Å²) in [6.45, 7) is 5.00. The van der Waals surface area contributed by atoms with Crippen molar-refractivity contribution in [2.75, 3.05) is 12.4 Å². The van der Waals surface area contributed by atoms with Gasteiger partial charge in [0.2, 0.25) is 0 Å². The molecule has 3 N–H and O–H groups in total. The third-order valence-electron chi connectivity index (χ3n) is 6.86. The summed E-state index contributed by atoms with van der Waals surface area (Å²) in [5.41, 5.74) is 6.69. The third-order valence-corrected chi connectivity index (χ3v) is 6.86. The Bertz CT molecular complexity index is 1870. The molecule has 0 aliphatic rings. The molecule has 0 radical (unpaired) electrons. The number of amides is 1. The van der Waals surface area contributed by atoms with Crippen molar-refractivity contribution in [2.45, 2.75) is 39.5 Å². The maximum Gasteiger partial charge on any atom is 0.322 e. The SMILES string of the molecule is COc1ccc2c(Oc3ccc(NC(=O)c4c(C)n(C[C@@H](C)OC(=O)[C@H](C)N)n(-c5ccccc5)c4=O)nc3)ccnc2c1.Cl. The quantitative estimate of drug-likeness (QED) is 0.210. The number of halogens is 1. The van der Waals surface area contributed by atoms with Crippen LogP contribution in [0.4, 0.5) is 5.82 Å². The number of rotatable bonds is 10. The standard InChI is InChI=1S/C32H32N6O6.ClH/c1-19(43-32(41)20(2)33)18-37-21(3)29(31(40)38(37)22-8-6-5-7-9-22)30(39)36-28-13-11-24(17-35-28)44-27-14-15-34-26-16-23(42-4)10-12-25(26)27;/h5-17,19-20H,18,33H2,1-4H3,(H,35,36,39);1H/t19-,20+;/m1./s1. The number of hydrogen-bond donors (Lipinski definition) is 2. The number of methoxy groups -OCH3 is 1. The van der Waals surface area contributed by atoms with E-state index in [0.717, 1.165) is 5.39 Å². The lowest BCUT2D eigenvalue weighted by atomic mass is 10.2. The fraction of sp³-hybridized carbons (Fsp3) is 0.219. The second kappa shape index (κ2) is 14.1. The molecule has 3 heterocycles. The summed E-state index contributed by atoms with van der Waals surface area (Å²) in [6.07, 6.45) is 2.48. The van der Waals surface area contributed by atoms with Crippen LogP contribution in [-0.2, 0) is 16.1 Å². The summed E-state index contributed by atoms with van der Waals surface area (Å²) in [4.78, 5) is 47.9. The highest BCUT2D eigenvalue weighted by molar-refractivity contribution is 6.04. The van der Waals surface area contributed by atoms with E-state index in [9.17, 15) is 14.4 Å². The molecule has 0 saturated heterocycles. The minimum atomic E-state index is -0.793. The van der Waals surface area contributed by atoms with Crippen LogP contribution in [-0.4, -0.2) is 50.5 Å². The predicted molar refractivity (Wildman–Crippen MR) is 172 cm³/mol. The summed E-state index contributed by atoms with van der Waals surface area (Å²) in [6, 6.07) is 18.6. The first kappa shape index (κ1) is 32.7. The predicted octanol–water partition coefficient (Wildman–Crippen LogP) is 4.64. The Hall–Kier alpha value is -5.20. The number of hydrogen-bond acceptors (Lipinski definition) is 9. The van der Waals surface area contributed by atoms with Gasteiger partial charge in [-0.1, -0.05) is 18.2 Å². The maximum absolute atomic E-state index is 13.7. The van der Waals surface area contributed by atoms with E-state index < -0.39 is 29.6 Å². The van der Waals surface area contributed by atoms with Crippen molar-refractivity contribution < 1.29 is 23.8 Å². The number of nitrogens with two attached hydrogens (primary N) is 1. The molecular weight excluding hydrogens is 600 g/mol. The summed E-state index contributed by atoms with van der Waals surface area (Å²) >= 11 is 0. The molecule has 13 heteroatoms. The first-order valence-electron chi connectivity index (χ1n) is 13.9. The zero-order chi connectivity index (χ0) is 31.4. The van der Waals surface area contributed by atoms with Gasteiger partial charge in [-0.15, -0.1) is 12.4 Å². The Kier molecular flexibility index (Phi) is 10.2. The Morgan fingerprint density at radius 1 is 1.00 bits per heavy atom. The van der Waals surface area contributed by atoms with Gasteiger partial charge in [-0.2, -0.15) is 0 Å². The van der Waals surface area contributed by atoms with E-state index in [1.807, 2.05) is 24.3 Å². The van der Waals surface area contributed by atoms with Crippen LogP contribution in [0.3, 0.4) is 0 Å². The van der Waals surface area contributed by atoms with E-state index in [1.54, 1.807) is 74.3 Å². The van der Waals surface area contributed by atoms with Gasteiger partial charge in [0, 0.05) is 17.6 Å². The van der Waals surface area contributed by atoms with Gasteiger partial charge in [-0.05, 0) is 63.2 Å². The number of anilines is 1. The number of fused-ring (bicyclic) bond motifs is 1. The number of nitrogens with one attached hydrogen (secondary N) is 1. The van der Waals surface area contributed by atoms with Crippen LogP contribution in [0.15, 0.2) is 83.9 Å². The zero-order valence-corrected chi connectivity index (χ0v) is 25.9. The zero-order valence-electron chi connectivity index (χ0n) is 25.1. The van der Waals surface area contributed by atoms with Gasteiger partial charge in [0.05, 0.1) is 36.7 Å². The Morgan fingerprint density at radius 2 is 1.73 bits per heavy atom. The first-order valence-corrected chi connectivity index (χ1v) is 13.9. The number of aromatic nitrogens is 4. The molecule has 2 atom stereocenters. The van der Waals surface area contributed by atoms with Crippen LogP contribution < -0.4 is 26.1 Å². The average Bonchev–Trinajstić information content (AvgIpc) is 3.26. The third kappa shape index (κ3) is 7.14. The van der Waals surface area contributed by atoms with Crippen molar-refractivity contribution in [1.29, 1.82) is 0 Å². The topological polar surface area (TPSA) is 153 Å². The van der Waals surface area contributed by atoms with Crippen LogP contribution in [0.1, 0.15) is 29.9 Å². The lowest BCUT2D eigenvalue weighted by Crippen LogP contribution is -2.34. The van der Waals surface area contributed by atoms with Crippen molar-refractivity contribution >= 4 is 41.0 Å². The number of ether oxygens (including phenoxy) is 3. The van der Waals surface area contributed by atoms with Gasteiger partial charge >= 0.3 is 5.97 Å². The number of carbonyl (C=O) groups is 2. The molecule has 0 saturated carbocycles. The molecule has 0 unspecified atom stereocenters. The van der Waals surface area contributed by atoms with Gasteiger partial charge in [-0.25, -0.2) is 9.67 Å². The van der Waals surface area contributed by atoms with Crippen LogP contribution in [0.25, 0.3) is 16.6 Å². The second-order valence-corrected chi connectivity index (χ2v) is 10.2. The van der Waals surface area contributed by atoms with E-state index >= 15 is 0 Å². The lowest BCUT2D eigenvalue weighted by molar-refractivity contribution is -0.150. The van der Waals surface area contributed by atoms with E-state index in [1.165, 1.54) is 17.8 Å². The molecule has 0 aliphatic carbocycles. The number of pyridine rings is 2. The van der Waals surface area contributed by atoms with Crippen molar-refractivity contribution in [1.82, 2.24) is 19.3 Å². The highest BCUT2D eigenvalue weighted by atomic mass is 35.5. The Morgan fingerprint density at radius 3 is 2.40 bits per heavy atom. The van der Waals surface area contributed by atoms with Crippen molar-refractivity contribution in [2.24, 2.45) is 5.73 Å². The van der Waals surface area contributed by atoms with Crippen molar-refractivity contribution in [3.05, 3.63) is 101 Å². The first-order chi connectivity index (χ1) is 21.2. The molecule has 5 rings (SSSR count). The molecule has 234 valence electrons. The molecule has 0 spiro atoms. The minimum Gasteiger partial charge on any atom is -0.497 e. The Labute approximate surface area is 265 Å². The molecule has 3 aromatic heterocycles. The van der Waals surface area contributed by atoms with E-state index in [4.69, 9.17) is 19.9 Å². The van der Waals surface area contributed by atoms with Crippen molar-refractivity contribution in [3.8, 4) is 22.9 Å². The van der Waals surface area contributed by atoms with E-state index in [0.29, 0.717) is 34.1 Å². The molecule has 0 aliphatic heterocycles. The average molecular weight is 633 g/mol. The summed E-state index contributed by atoms with van der Waals surface area (Å²) < 4.78 is 19.7. The highest BCUT2D eigenvalue weighted by Crippen LogP contribution is 2.30. The molecule has 45 heavy (non-hydrogen) atoms. The Balaban J connectivity index is 0.00000461. The molecule has 5 aromatic rings. The molecule has 0 fully saturated rings. The maximum atomic E-state index is 13.7. The normalized spacial score (nSPS) is 12.1. The summed E-state index contributed by atoms with van der Waals surface area (Å²) in [7, 11) is 1.59. The van der Waals surface area contributed by atoms with E-state index in [2.05, 4.69) is 15.3 Å². The van der Waals surface area contributed by atoms with Crippen LogP contribution in [0.5, 0.6) is 17.2 Å². The number of esters is 1. The number of nitrogens with zero attached hydrogens (tertiary/aromatic N) is 4. The minimum absolute atomic E-state index is 0. The van der Waals surface area contributed by atoms with Gasteiger partial charge < -0.3 is 25.3 Å².